The van der Waals surface area contributed by atoms with E-state index in [2.05, 4.69) is 4.98 Å². The summed E-state index contributed by atoms with van der Waals surface area (Å²) in [4.78, 5) is 39.2. The largest absolute Gasteiger partial charge is 0.467 e. The summed E-state index contributed by atoms with van der Waals surface area (Å²) < 4.78 is 17.4. The number of ether oxygens (including phenoxy) is 2. The summed E-state index contributed by atoms with van der Waals surface area (Å²) in [6.07, 6.45) is 1.68. The molecule has 0 saturated carbocycles. The van der Waals surface area contributed by atoms with E-state index in [4.69, 9.17) is 13.9 Å². The van der Waals surface area contributed by atoms with Crippen molar-refractivity contribution in [1.82, 2.24) is 9.55 Å². The Morgan fingerprint density at radius 2 is 1.86 bits per heavy atom. The van der Waals surface area contributed by atoms with Crippen molar-refractivity contribution in [2.45, 2.75) is 33.7 Å². The number of carbonyl (C=O) groups excluding carboxylic acids is 1. The molecule has 0 atom stereocenters. The molecule has 0 amide bonds. The van der Waals surface area contributed by atoms with Gasteiger partial charge in [0.05, 0.1) is 25.5 Å². The van der Waals surface area contributed by atoms with Crippen molar-refractivity contribution >= 4 is 5.97 Å². The SMILES string of the molecule is CCc1c(Oc2cc(C)cc(C)c2)n(Cc2occc2C(=O)OC)c(=O)[nH]c1=O. The molecular formula is C21H22N2O6. The van der Waals surface area contributed by atoms with Gasteiger partial charge in [0.1, 0.15) is 17.1 Å². The Labute approximate surface area is 166 Å². The zero-order chi connectivity index (χ0) is 21.1. The number of H-pyrrole nitrogens is 1. The molecule has 0 bridgehead atoms. The van der Waals surface area contributed by atoms with Crippen molar-refractivity contribution < 1.29 is 18.7 Å². The van der Waals surface area contributed by atoms with Crippen LogP contribution >= 0.6 is 0 Å². The van der Waals surface area contributed by atoms with Gasteiger partial charge in [0.25, 0.3) is 5.56 Å². The number of esters is 1. The number of hydrogen-bond acceptors (Lipinski definition) is 6. The minimum atomic E-state index is -0.668. The van der Waals surface area contributed by atoms with Gasteiger partial charge in [0.15, 0.2) is 0 Å². The average molecular weight is 398 g/mol. The molecule has 0 saturated heterocycles. The number of benzene rings is 1. The molecule has 0 aliphatic carbocycles. The fourth-order valence-electron chi connectivity index (χ4n) is 3.17. The van der Waals surface area contributed by atoms with Gasteiger partial charge in [-0.1, -0.05) is 13.0 Å². The maximum Gasteiger partial charge on any atom is 0.341 e. The Morgan fingerprint density at radius 1 is 1.17 bits per heavy atom. The number of aromatic amines is 1. The maximum atomic E-state index is 12.6. The molecule has 2 heterocycles. The first-order valence-electron chi connectivity index (χ1n) is 9.10. The number of aryl methyl sites for hydroxylation is 2. The highest BCUT2D eigenvalue weighted by Gasteiger charge is 2.21. The predicted molar refractivity (Wildman–Crippen MR) is 106 cm³/mol. The van der Waals surface area contributed by atoms with E-state index in [0.29, 0.717) is 17.7 Å². The zero-order valence-electron chi connectivity index (χ0n) is 16.7. The molecule has 8 nitrogen and oxygen atoms in total. The molecule has 29 heavy (non-hydrogen) atoms. The molecule has 0 aliphatic rings. The van der Waals surface area contributed by atoms with Crippen LogP contribution in [0.5, 0.6) is 11.6 Å². The van der Waals surface area contributed by atoms with Gasteiger partial charge in [-0.25, -0.2) is 9.59 Å². The Morgan fingerprint density at radius 3 is 2.48 bits per heavy atom. The van der Waals surface area contributed by atoms with Crippen LogP contribution in [0.4, 0.5) is 0 Å². The molecule has 0 spiro atoms. The lowest BCUT2D eigenvalue weighted by Gasteiger charge is -2.16. The van der Waals surface area contributed by atoms with Crippen LogP contribution in [-0.2, 0) is 17.7 Å². The van der Waals surface area contributed by atoms with Crippen molar-refractivity contribution in [3.05, 3.63) is 79.4 Å². The van der Waals surface area contributed by atoms with E-state index in [1.807, 2.05) is 32.0 Å². The molecule has 0 fully saturated rings. The van der Waals surface area contributed by atoms with Crippen LogP contribution in [-0.4, -0.2) is 22.6 Å². The third kappa shape index (κ3) is 4.16. The smallest absolute Gasteiger partial charge is 0.341 e. The Hall–Kier alpha value is -3.55. The molecule has 2 aromatic heterocycles. The molecule has 1 N–H and O–H groups in total. The number of rotatable bonds is 6. The normalized spacial score (nSPS) is 10.8. The lowest BCUT2D eigenvalue weighted by molar-refractivity contribution is 0.0598. The number of hydrogen-bond donors (Lipinski definition) is 1. The topological polar surface area (TPSA) is 104 Å². The average Bonchev–Trinajstić information content (AvgIpc) is 3.11. The minimum absolute atomic E-state index is 0.110. The summed E-state index contributed by atoms with van der Waals surface area (Å²) in [5, 5.41) is 0. The van der Waals surface area contributed by atoms with Crippen molar-refractivity contribution in [2.75, 3.05) is 7.11 Å². The molecule has 8 heteroatoms. The number of nitrogens with zero attached hydrogens (tertiary/aromatic N) is 1. The monoisotopic (exact) mass is 398 g/mol. The Balaban J connectivity index is 2.14. The highest BCUT2D eigenvalue weighted by Crippen LogP contribution is 2.26. The van der Waals surface area contributed by atoms with E-state index in [1.54, 1.807) is 6.92 Å². The third-order valence-corrected chi connectivity index (χ3v) is 4.46. The maximum absolute atomic E-state index is 12.6. The summed E-state index contributed by atoms with van der Waals surface area (Å²) in [6.45, 7) is 5.54. The standard InChI is InChI=1S/C21H22N2O6/c1-5-15-18(24)22-21(26)23(11-17-16(6-7-28-17)20(25)27-4)19(15)29-14-9-12(2)8-13(3)10-14/h6-10H,5,11H2,1-4H3,(H,22,24,26). The quantitative estimate of drug-likeness (QED) is 0.641. The van der Waals surface area contributed by atoms with Crippen LogP contribution in [0.15, 0.2) is 44.5 Å². The second-order valence-electron chi connectivity index (χ2n) is 6.66. The predicted octanol–water partition coefficient (Wildman–Crippen LogP) is 2.94. The number of nitrogens with one attached hydrogen (secondary N) is 1. The summed E-state index contributed by atoms with van der Waals surface area (Å²) in [5.74, 6) is 0.249. The van der Waals surface area contributed by atoms with Crippen LogP contribution in [0.3, 0.4) is 0 Å². The second-order valence-corrected chi connectivity index (χ2v) is 6.66. The first-order chi connectivity index (χ1) is 13.8. The Bertz CT molecular complexity index is 1150. The van der Waals surface area contributed by atoms with Crippen molar-refractivity contribution in [2.24, 2.45) is 0 Å². The molecule has 3 aromatic rings. The lowest BCUT2D eigenvalue weighted by atomic mass is 10.1. The molecule has 0 unspecified atom stereocenters. The van der Waals surface area contributed by atoms with E-state index in [-0.39, 0.29) is 23.7 Å². The lowest BCUT2D eigenvalue weighted by Crippen LogP contribution is -2.33. The van der Waals surface area contributed by atoms with Crippen molar-refractivity contribution in [3.63, 3.8) is 0 Å². The highest BCUT2D eigenvalue weighted by molar-refractivity contribution is 5.90. The van der Waals surface area contributed by atoms with Crippen molar-refractivity contribution in [3.8, 4) is 11.6 Å². The fraction of sp³-hybridized carbons (Fsp3) is 0.286. The summed E-state index contributed by atoms with van der Waals surface area (Å²) in [5.41, 5.74) is 1.29. The summed E-state index contributed by atoms with van der Waals surface area (Å²) in [6, 6.07) is 7.08. The molecule has 3 rings (SSSR count). The first-order valence-corrected chi connectivity index (χ1v) is 9.10. The van der Waals surface area contributed by atoms with Gasteiger partial charge in [-0.05, 0) is 49.6 Å². The minimum Gasteiger partial charge on any atom is -0.467 e. The van der Waals surface area contributed by atoms with Gasteiger partial charge >= 0.3 is 11.7 Å². The molecule has 0 aliphatic heterocycles. The van der Waals surface area contributed by atoms with Gasteiger partial charge in [-0.3, -0.25) is 14.3 Å². The van der Waals surface area contributed by atoms with E-state index < -0.39 is 17.2 Å². The first kappa shape index (κ1) is 20.2. The molecule has 152 valence electrons. The van der Waals surface area contributed by atoms with Crippen LogP contribution in [0.25, 0.3) is 0 Å². The highest BCUT2D eigenvalue weighted by atomic mass is 16.5. The number of furan rings is 1. The van der Waals surface area contributed by atoms with Gasteiger partial charge in [0, 0.05) is 0 Å². The van der Waals surface area contributed by atoms with E-state index in [0.717, 1.165) is 11.1 Å². The van der Waals surface area contributed by atoms with Crippen LogP contribution in [0.2, 0.25) is 0 Å². The Kier molecular flexibility index (Phi) is 5.72. The van der Waals surface area contributed by atoms with Crippen LogP contribution in [0, 0.1) is 13.8 Å². The van der Waals surface area contributed by atoms with Crippen molar-refractivity contribution in [1.29, 1.82) is 0 Å². The second kappa shape index (κ2) is 8.22. The van der Waals surface area contributed by atoms with E-state index in [9.17, 15) is 14.4 Å². The van der Waals surface area contributed by atoms with E-state index in [1.165, 1.54) is 24.0 Å². The van der Waals surface area contributed by atoms with Gasteiger partial charge in [0.2, 0.25) is 5.88 Å². The molecular weight excluding hydrogens is 376 g/mol. The van der Waals surface area contributed by atoms with Gasteiger partial charge in [-0.2, -0.15) is 0 Å². The summed E-state index contributed by atoms with van der Waals surface area (Å²) in [7, 11) is 1.26. The molecule has 1 aromatic carbocycles. The van der Waals surface area contributed by atoms with Crippen LogP contribution in [0.1, 0.15) is 39.7 Å². The van der Waals surface area contributed by atoms with Gasteiger partial charge < -0.3 is 13.9 Å². The van der Waals surface area contributed by atoms with E-state index >= 15 is 0 Å². The third-order valence-electron chi connectivity index (χ3n) is 4.46. The number of carbonyl (C=O) groups is 1. The van der Waals surface area contributed by atoms with Crippen LogP contribution < -0.4 is 16.0 Å². The molecule has 0 radical (unpaired) electrons. The summed E-state index contributed by atoms with van der Waals surface area (Å²) >= 11 is 0. The number of methoxy groups -OCH3 is 1. The fourth-order valence-corrected chi connectivity index (χ4v) is 3.17. The number of aromatic nitrogens is 2. The zero-order valence-corrected chi connectivity index (χ0v) is 16.7. The van der Waals surface area contributed by atoms with Gasteiger partial charge in [-0.15, -0.1) is 0 Å².